The molecule has 0 aromatic carbocycles. The molecule has 2 aliphatic rings. The third-order valence-electron chi connectivity index (χ3n) is 5.03. The minimum atomic E-state index is 0.0565. The number of rotatable bonds is 4. The average Bonchev–Trinajstić information content (AvgIpc) is 3.16. The van der Waals surface area contributed by atoms with Crippen LogP contribution in [-0.4, -0.2) is 58.2 Å². The molecule has 3 heterocycles. The second kappa shape index (κ2) is 7.23. The summed E-state index contributed by atoms with van der Waals surface area (Å²) in [6.07, 6.45) is 6.35. The monoisotopic (exact) mass is 333 g/mol. The zero-order valence-corrected chi connectivity index (χ0v) is 14.6. The van der Waals surface area contributed by atoms with Gasteiger partial charge in [0.05, 0.1) is 0 Å². The highest BCUT2D eigenvalue weighted by Crippen LogP contribution is 2.21. The number of carbonyl (C=O) groups excluding carboxylic acids is 2. The van der Waals surface area contributed by atoms with E-state index in [0.29, 0.717) is 6.42 Å². The van der Waals surface area contributed by atoms with Crippen LogP contribution in [0.5, 0.6) is 0 Å². The molecular weight excluding hydrogens is 306 g/mol. The Morgan fingerprint density at radius 3 is 2.83 bits per heavy atom. The average molecular weight is 333 g/mol. The van der Waals surface area contributed by atoms with Gasteiger partial charge in [0.2, 0.25) is 11.8 Å². The second-order valence-corrected chi connectivity index (χ2v) is 6.91. The fourth-order valence-corrected chi connectivity index (χ4v) is 3.79. The fourth-order valence-electron chi connectivity index (χ4n) is 3.79. The summed E-state index contributed by atoms with van der Waals surface area (Å²) in [6.45, 7) is 4.08. The summed E-state index contributed by atoms with van der Waals surface area (Å²) in [5.41, 5.74) is 0. The van der Waals surface area contributed by atoms with Gasteiger partial charge >= 0.3 is 0 Å². The number of nitrogens with one attached hydrogen (secondary N) is 1. The molecule has 2 saturated heterocycles. The van der Waals surface area contributed by atoms with Crippen LogP contribution in [-0.2, 0) is 16.6 Å². The molecule has 2 atom stereocenters. The third-order valence-corrected chi connectivity index (χ3v) is 5.03. The van der Waals surface area contributed by atoms with Gasteiger partial charge in [-0.15, -0.1) is 0 Å². The molecule has 0 unspecified atom stereocenters. The maximum absolute atomic E-state index is 12.4. The van der Waals surface area contributed by atoms with E-state index in [2.05, 4.69) is 15.3 Å². The lowest BCUT2D eigenvalue weighted by Crippen LogP contribution is -2.46. The number of anilines is 1. The number of aromatic nitrogens is 2. The van der Waals surface area contributed by atoms with Crippen molar-refractivity contribution in [3.63, 3.8) is 0 Å². The van der Waals surface area contributed by atoms with E-state index >= 15 is 0 Å². The highest BCUT2D eigenvalue weighted by Gasteiger charge is 2.29. The molecule has 0 saturated carbocycles. The van der Waals surface area contributed by atoms with Gasteiger partial charge < -0.3 is 15.1 Å². The molecular formula is C17H27N5O2. The molecule has 2 aliphatic heterocycles. The molecule has 0 radical (unpaired) electrons. The second-order valence-electron chi connectivity index (χ2n) is 6.91. The molecule has 3 rings (SSSR count). The number of hydrogen-bond donors (Lipinski definition) is 1. The van der Waals surface area contributed by atoms with E-state index in [4.69, 9.17) is 0 Å². The largest absolute Gasteiger partial charge is 0.353 e. The van der Waals surface area contributed by atoms with Gasteiger partial charge in [-0.05, 0) is 25.7 Å². The van der Waals surface area contributed by atoms with E-state index in [1.54, 1.807) is 11.6 Å². The number of carbonyl (C=O) groups is 2. The summed E-state index contributed by atoms with van der Waals surface area (Å²) >= 11 is 0. The van der Waals surface area contributed by atoms with Crippen LogP contribution in [0.3, 0.4) is 0 Å². The Labute approximate surface area is 143 Å². The van der Waals surface area contributed by atoms with Gasteiger partial charge in [0.25, 0.3) is 0 Å². The summed E-state index contributed by atoms with van der Waals surface area (Å²) in [5.74, 6) is 1.10. The Bertz CT molecular complexity index is 600. The van der Waals surface area contributed by atoms with E-state index in [9.17, 15) is 9.59 Å². The van der Waals surface area contributed by atoms with Crippen molar-refractivity contribution < 1.29 is 9.59 Å². The normalized spacial score (nSPS) is 24.2. The Kier molecular flexibility index (Phi) is 5.06. The Morgan fingerprint density at radius 1 is 1.29 bits per heavy atom. The van der Waals surface area contributed by atoms with Crippen molar-refractivity contribution in [2.45, 2.75) is 51.1 Å². The van der Waals surface area contributed by atoms with Gasteiger partial charge in [0, 0.05) is 64.4 Å². The predicted octanol–water partition coefficient (Wildman–Crippen LogP) is 0.906. The molecule has 7 heteroatoms. The van der Waals surface area contributed by atoms with Gasteiger partial charge in [0.1, 0.15) is 0 Å². The number of aryl methyl sites for hydroxylation is 1. The smallest absolute Gasteiger partial charge is 0.222 e. The molecule has 1 N–H and O–H groups in total. The molecule has 2 amide bonds. The lowest BCUT2D eigenvalue weighted by Gasteiger charge is -2.35. The summed E-state index contributed by atoms with van der Waals surface area (Å²) in [6, 6.07) is 2.22. The number of hydrogen-bond acceptors (Lipinski definition) is 4. The maximum atomic E-state index is 12.4. The number of nitrogens with zero attached hydrogens (tertiary/aromatic N) is 4. The SMILES string of the molecule is CC(=O)N1CCCC[C@@H]1CC(=O)N[C@@H]1CCN(c2ccn(C)n2)C1. The van der Waals surface area contributed by atoms with Crippen molar-refractivity contribution >= 4 is 17.6 Å². The van der Waals surface area contributed by atoms with Crippen molar-refractivity contribution in [1.29, 1.82) is 0 Å². The fraction of sp³-hybridized carbons (Fsp3) is 0.706. The lowest BCUT2D eigenvalue weighted by atomic mass is 9.99. The van der Waals surface area contributed by atoms with Crippen molar-refractivity contribution in [2.75, 3.05) is 24.5 Å². The van der Waals surface area contributed by atoms with E-state index in [1.165, 1.54) is 0 Å². The number of likely N-dealkylation sites (tertiary alicyclic amines) is 1. The van der Waals surface area contributed by atoms with Gasteiger partial charge in [-0.2, -0.15) is 5.10 Å². The molecule has 0 bridgehead atoms. The standard InChI is InChI=1S/C17H27N5O2/c1-13(23)22-8-4-3-5-15(22)11-17(24)18-14-6-10-21(12-14)16-7-9-20(2)19-16/h7,9,14-15H,3-6,8,10-12H2,1-2H3,(H,18,24)/t14-,15-/m1/s1. The zero-order chi connectivity index (χ0) is 17.1. The van der Waals surface area contributed by atoms with E-state index in [1.807, 2.05) is 24.2 Å². The van der Waals surface area contributed by atoms with Crippen molar-refractivity contribution in [3.05, 3.63) is 12.3 Å². The van der Waals surface area contributed by atoms with Crippen LogP contribution in [0.1, 0.15) is 39.0 Å². The van der Waals surface area contributed by atoms with Gasteiger partial charge in [-0.3, -0.25) is 14.3 Å². The first kappa shape index (κ1) is 16.8. The van der Waals surface area contributed by atoms with Crippen LogP contribution in [0.15, 0.2) is 12.3 Å². The summed E-state index contributed by atoms with van der Waals surface area (Å²) in [7, 11) is 1.91. The van der Waals surface area contributed by atoms with Gasteiger partial charge in [-0.25, -0.2) is 0 Å². The molecule has 2 fully saturated rings. The Morgan fingerprint density at radius 2 is 2.12 bits per heavy atom. The van der Waals surface area contributed by atoms with Crippen molar-refractivity contribution in [3.8, 4) is 0 Å². The first-order valence-corrected chi connectivity index (χ1v) is 8.84. The minimum Gasteiger partial charge on any atom is -0.353 e. The van der Waals surface area contributed by atoms with Crippen LogP contribution in [0.2, 0.25) is 0 Å². The molecule has 1 aromatic heterocycles. The summed E-state index contributed by atoms with van der Waals surface area (Å²) in [5, 5.41) is 7.55. The van der Waals surface area contributed by atoms with E-state index < -0.39 is 0 Å². The minimum absolute atomic E-state index is 0.0565. The summed E-state index contributed by atoms with van der Waals surface area (Å²) < 4.78 is 1.79. The zero-order valence-electron chi connectivity index (χ0n) is 14.6. The van der Waals surface area contributed by atoms with Crippen LogP contribution in [0.25, 0.3) is 0 Å². The molecule has 132 valence electrons. The topological polar surface area (TPSA) is 70.5 Å². The predicted molar refractivity (Wildman–Crippen MR) is 91.6 cm³/mol. The highest BCUT2D eigenvalue weighted by molar-refractivity contribution is 5.79. The van der Waals surface area contributed by atoms with Crippen LogP contribution in [0, 0.1) is 0 Å². The third kappa shape index (κ3) is 3.88. The van der Waals surface area contributed by atoms with Gasteiger partial charge in [0.15, 0.2) is 5.82 Å². The highest BCUT2D eigenvalue weighted by atomic mass is 16.2. The van der Waals surface area contributed by atoms with Gasteiger partial charge in [-0.1, -0.05) is 0 Å². The van der Waals surface area contributed by atoms with Crippen LogP contribution < -0.4 is 10.2 Å². The Hall–Kier alpha value is -2.05. The number of piperidine rings is 1. The lowest BCUT2D eigenvalue weighted by molar-refractivity contribution is -0.134. The molecule has 24 heavy (non-hydrogen) atoms. The van der Waals surface area contributed by atoms with E-state index in [-0.39, 0.29) is 23.9 Å². The molecule has 1 aromatic rings. The van der Waals surface area contributed by atoms with Crippen molar-refractivity contribution in [2.24, 2.45) is 7.05 Å². The Balaban J connectivity index is 1.49. The summed E-state index contributed by atoms with van der Waals surface area (Å²) in [4.78, 5) is 28.2. The molecule has 0 spiro atoms. The first-order valence-electron chi connectivity index (χ1n) is 8.84. The number of amides is 2. The molecule has 7 nitrogen and oxygen atoms in total. The van der Waals surface area contributed by atoms with Crippen LogP contribution in [0.4, 0.5) is 5.82 Å². The van der Waals surface area contributed by atoms with Crippen LogP contribution >= 0.6 is 0 Å². The maximum Gasteiger partial charge on any atom is 0.222 e. The first-order chi connectivity index (χ1) is 11.5. The quantitative estimate of drug-likeness (QED) is 0.889. The van der Waals surface area contributed by atoms with Crippen molar-refractivity contribution in [1.82, 2.24) is 20.0 Å². The van der Waals surface area contributed by atoms with E-state index in [0.717, 1.165) is 51.1 Å². The molecule has 0 aliphatic carbocycles.